The van der Waals surface area contributed by atoms with Gasteiger partial charge in [0.25, 0.3) is 5.91 Å². The molecule has 0 bridgehead atoms. The molecule has 0 aromatic heterocycles. The average Bonchev–Trinajstić information content (AvgIpc) is 2.71. The van der Waals surface area contributed by atoms with Crippen molar-refractivity contribution in [1.29, 1.82) is 5.26 Å². The van der Waals surface area contributed by atoms with Gasteiger partial charge in [-0.1, -0.05) is 0 Å². The third kappa shape index (κ3) is 7.57. The molecule has 2 rings (SSSR count). The number of halogens is 3. The number of carbonyl (C=O) groups is 2. The highest BCUT2D eigenvalue weighted by atomic mass is 32.2. The van der Waals surface area contributed by atoms with Crippen LogP contribution < -0.4 is 5.32 Å². The zero-order chi connectivity index (χ0) is 26.8. The predicted molar refractivity (Wildman–Crippen MR) is 120 cm³/mol. The number of rotatable bonds is 5. The molecule has 0 saturated carbocycles. The maximum atomic E-state index is 13.1. The third-order valence-electron chi connectivity index (χ3n) is 5.28. The van der Waals surface area contributed by atoms with Crippen LogP contribution in [0.4, 0.5) is 23.7 Å². The van der Waals surface area contributed by atoms with Gasteiger partial charge in [0.05, 0.1) is 28.2 Å². The molecule has 1 heterocycles. The van der Waals surface area contributed by atoms with Crippen molar-refractivity contribution in [3.8, 4) is 6.07 Å². The molecular weight excluding hydrogens is 491 g/mol. The van der Waals surface area contributed by atoms with Crippen LogP contribution >= 0.6 is 0 Å². The minimum atomic E-state index is -4.86. The highest BCUT2D eigenvalue weighted by Gasteiger charge is 2.41. The number of carbonyl (C=O) groups excluding carboxylic acids is 2. The number of hydrogen-bond acceptors (Lipinski definition) is 7. The number of likely N-dealkylation sites (tertiary alicyclic amines) is 1. The standard InChI is InChI=1S/C22H28F3N3O6S/c1-20(2,3)34-19(30)28-9-7-16(8-10-28)35(32,33)13-21(4,31)18(29)27-15-6-5-14(12-26)17(11-15)22(23,24)25/h5-6,11,16,31H,7-10,13H2,1-4H3,(H,27,29). The Labute approximate surface area is 201 Å². The summed E-state index contributed by atoms with van der Waals surface area (Å²) in [6, 6.07) is 3.85. The fourth-order valence-electron chi connectivity index (χ4n) is 3.52. The Morgan fingerprint density at radius 3 is 2.26 bits per heavy atom. The van der Waals surface area contributed by atoms with Crippen LogP contribution in [0, 0.1) is 11.3 Å². The highest BCUT2D eigenvalue weighted by molar-refractivity contribution is 7.92. The predicted octanol–water partition coefficient (Wildman–Crippen LogP) is 3.08. The van der Waals surface area contributed by atoms with Gasteiger partial charge in [-0.05, 0) is 58.7 Å². The summed E-state index contributed by atoms with van der Waals surface area (Å²) in [6.07, 6.45) is -5.28. The van der Waals surface area contributed by atoms with Crippen molar-refractivity contribution < 1.29 is 41.0 Å². The minimum Gasteiger partial charge on any atom is -0.444 e. The summed E-state index contributed by atoms with van der Waals surface area (Å²) in [7, 11) is -4.02. The van der Waals surface area contributed by atoms with Gasteiger partial charge < -0.3 is 20.1 Å². The molecule has 194 valence electrons. The van der Waals surface area contributed by atoms with Crippen LogP contribution in [-0.2, 0) is 25.5 Å². The van der Waals surface area contributed by atoms with Gasteiger partial charge in [0.2, 0.25) is 0 Å². The molecule has 0 spiro atoms. The number of anilines is 1. The molecule has 0 radical (unpaired) electrons. The number of aliphatic hydroxyl groups is 1. The molecule has 1 atom stereocenters. The molecule has 2 amide bonds. The fourth-order valence-corrected chi connectivity index (χ4v) is 5.60. The summed E-state index contributed by atoms with van der Waals surface area (Å²) in [6.45, 7) is 6.28. The number of nitriles is 1. The molecule has 2 N–H and O–H groups in total. The van der Waals surface area contributed by atoms with Crippen molar-refractivity contribution in [3.05, 3.63) is 29.3 Å². The van der Waals surface area contributed by atoms with E-state index in [1.165, 1.54) is 11.0 Å². The SMILES string of the molecule is CC(C)(C)OC(=O)N1CCC(S(=O)(=O)CC(C)(O)C(=O)Nc2ccc(C#N)c(C(F)(F)F)c2)CC1. The second kappa shape index (κ2) is 10.0. The molecule has 1 aromatic carbocycles. The number of sulfone groups is 1. The summed E-state index contributed by atoms with van der Waals surface area (Å²) in [4.78, 5) is 26.1. The van der Waals surface area contributed by atoms with E-state index in [0.717, 1.165) is 19.1 Å². The molecule has 0 aliphatic carbocycles. The molecule has 1 aliphatic rings. The summed E-state index contributed by atoms with van der Waals surface area (Å²) >= 11 is 0. The number of hydrogen-bond donors (Lipinski definition) is 2. The number of benzene rings is 1. The number of nitrogens with one attached hydrogen (secondary N) is 1. The van der Waals surface area contributed by atoms with E-state index in [4.69, 9.17) is 10.00 Å². The highest BCUT2D eigenvalue weighted by Crippen LogP contribution is 2.34. The van der Waals surface area contributed by atoms with Crippen molar-refractivity contribution in [2.45, 2.75) is 63.2 Å². The number of alkyl halides is 3. The summed E-state index contributed by atoms with van der Waals surface area (Å²) in [5.41, 5.74) is -5.44. The Balaban J connectivity index is 2.07. The van der Waals surface area contributed by atoms with E-state index in [1.807, 2.05) is 0 Å². The molecule has 13 heteroatoms. The topological polar surface area (TPSA) is 137 Å². The first-order valence-electron chi connectivity index (χ1n) is 10.7. The second-order valence-electron chi connectivity index (χ2n) is 9.57. The minimum absolute atomic E-state index is 0.0733. The molecule has 1 aromatic rings. The number of piperidine rings is 1. The van der Waals surface area contributed by atoms with Crippen molar-refractivity contribution in [1.82, 2.24) is 4.90 Å². The lowest BCUT2D eigenvalue weighted by Gasteiger charge is -2.34. The lowest BCUT2D eigenvalue weighted by molar-refractivity contribution is -0.137. The van der Waals surface area contributed by atoms with E-state index in [1.54, 1.807) is 20.8 Å². The van der Waals surface area contributed by atoms with E-state index in [0.29, 0.717) is 6.07 Å². The van der Waals surface area contributed by atoms with Crippen LogP contribution in [0.5, 0.6) is 0 Å². The van der Waals surface area contributed by atoms with Crippen molar-refractivity contribution >= 4 is 27.5 Å². The van der Waals surface area contributed by atoms with Crippen LogP contribution in [0.15, 0.2) is 18.2 Å². The largest absolute Gasteiger partial charge is 0.444 e. The Kier molecular flexibility index (Phi) is 8.13. The lowest BCUT2D eigenvalue weighted by Crippen LogP contribution is -2.50. The zero-order valence-corrected chi connectivity index (χ0v) is 20.6. The van der Waals surface area contributed by atoms with Gasteiger partial charge in [-0.15, -0.1) is 0 Å². The van der Waals surface area contributed by atoms with Crippen molar-refractivity contribution in [3.63, 3.8) is 0 Å². The van der Waals surface area contributed by atoms with Crippen LogP contribution in [0.2, 0.25) is 0 Å². The Morgan fingerprint density at radius 1 is 1.20 bits per heavy atom. The molecule has 1 unspecified atom stereocenters. The van der Waals surface area contributed by atoms with Crippen molar-refractivity contribution in [2.75, 3.05) is 24.2 Å². The Morgan fingerprint density at radius 2 is 1.77 bits per heavy atom. The van der Waals surface area contributed by atoms with Gasteiger partial charge in [-0.3, -0.25) is 4.79 Å². The Hall–Kier alpha value is -2.85. The molecule has 1 saturated heterocycles. The normalized spacial score (nSPS) is 17.3. The second-order valence-corrected chi connectivity index (χ2v) is 11.9. The molecule has 1 fully saturated rings. The monoisotopic (exact) mass is 519 g/mol. The first kappa shape index (κ1) is 28.4. The van der Waals surface area contributed by atoms with Crippen LogP contribution in [0.25, 0.3) is 0 Å². The van der Waals surface area contributed by atoms with E-state index >= 15 is 0 Å². The summed E-state index contributed by atoms with van der Waals surface area (Å²) in [5.74, 6) is -2.18. The maximum absolute atomic E-state index is 13.1. The van der Waals surface area contributed by atoms with Gasteiger partial charge in [0.15, 0.2) is 15.4 Å². The number of nitrogens with zero attached hydrogens (tertiary/aromatic N) is 2. The molecular formula is C22H28F3N3O6S. The molecule has 35 heavy (non-hydrogen) atoms. The molecule has 9 nitrogen and oxygen atoms in total. The van der Waals surface area contributed by atoms with E-state index < -0.39 is 61.3 Å². The van der Waals surface area contributed by atoms with Crippen molar-refractivity contribution in [2.24, 2.45) is 0 Å². The number of ether oxygens (including phenoxy) is 1. The Bertz CT molecular complexity index is 1110. The van der Waals surface area contributed by atoms with Gasteiger partial charge >= 0.3 is 12.3 Å². The smallest absolute Gasteiger partial charge is 0.417 e. The van der Waals surface area contributed by atoms with Gasteiger partial charge in [0.1, 0.15) is 5.60 Å². The summed E-state index contributed by atoms with van der Waals surface area (Å²) < 4.78 is 70.5. The first-order chi connectivity index (χ1) is 15.9. The van der Waals surface area contributed by atoms with Crippen LogP contribution in [-0.4, -0.2) is 65.7 Å². The van der Waals surface area contributed by atoms with E-state index in [-0.39, 0.29) is 31.6 Å². The van der Waals surface area contributed by atoms with Gasteiger partial charge in [0, 0.05) is 18.8 Å². The maximum Gasteiger partial charge on any atom is 0.417 e. The zero-order valence-electron chi connectivity index (χ0n) is 19.8. The van der Waals surface area contributed by atoms with Gasteiger partial charge in [-0.2, -0.15) is 18.4 Å². The number of amides is 2. The van der Waals surface area contributed by atoms with Gasteiger partial charge in [-0.25, -0.2) is 13.2 Å². The lowest BCUT2D eigenvalue weighted by atomic mass is 10.1. The fraction of sp³-hybridized carbons (Fsp3) is 0.591. The summed E-state index contributed by atoms with van der Waals surface area (Å²) in [5, 5.41) is 20.6. The van der Waals surface area contributed by atoms with E-state index in [9.17, 15) is 36.3 Å². The first-order valence-corrected chi connectivity index (χ1v) is 12.4. The quantitative estimate of drug-likeness (QED) is 0.610. The van der Waals surface area contributed by atoms with E-state index in [2.05, 4.69) is 5.32 Å². The third-order valence-corrected chi connectivity index (χ3v) is 7.73. The van der Waals surface area contributed by atoms with Crippen LogP contribution in [0.1, 0.15) is 51.7 Å². The molecule has 1 aliphatic heterocycles. The van der Waals surface area contributed by atoms with Crippen LogP contribution in [0.3, 0.4) is 0 Å². The average molecular weight is 520 g/mol.